The van der Waals surface area contributed by atoms with E-state index in [1.807, 2.05) is 26.0 Å². The van der Waals surface area contributed by atoms with Gasteiger partial charge in [-0.2, -0.15) is 0 Å². The number of hydrogen-bond donors (Lipinski definition) is 3. The van der Waals surface area contributed by atoms with Gasteiger partial charge in [-0.25, -0.2) is 9.59 Å². The first kappa shape index (κ1) is 16.5. The van der Waals surface area contributed by atoms with Gasteiger partial charge in [0.1, 0.15) is 6.04 Å². The molecule has 0 unspecified atom stereocenters. The Morgan fingerprint density at radius 1 is 1.40 bits per heavy atom. The van der Waals surface area contributed by atoms with E-state index in [1.165, 1.54) is 0 Å². The molecular formula is C14H19BrN2O3. The predicted molar refractivity (Wildman–Crippen MR) is 82.0 cm³/mol. The minimum absolute atomic E-state index is 0.429. The van der Waals surface area contributed by atoms with Crippen LogP contribution in [0, 0.1) is 6.92 Å². The van der Waals surface area contributed by atoms with Crippen LogP contribution in [-0.4, -0.2) is 23.1 Å². The lowest BCUT2D eigenvalue weighted by molar-refractivity contribution is -0.139. The molecule has 0 aromatic heterocycles. The SMILES string of the molecule is CCCC[C@H](NC(=O)Nc1ccc(Br)c(C)c1)C(=O)O. The fraction of sp³-hybridized carbons (Fsp3) is 0.429. The number of unbranched alkanes of at least 4 members (excludes halogenated alkanes) is 1. The van der Waals surface area contributed by atoms with E-state index >= 15 is 0 Å². The van der Waals surface area contributed by atoms with E-state index in [-0.39, 0.29) is 0 Å². The molecule has 0 heterocycles. The molecule has 0 fully saturated rings. The Hall–Kier alpha value is -1.56. The lowest BCUT2D eigenvalue weighted by atomic mass is 10.1. The van der Waals surface area contributed by atoms with Crippen molar-refractivity contribution in [1.29, 1.82) is 0 Å². The third-order valence-electron chi connectivity index (χ3n) is 2.87. The monoisotopic (exact) mass is 342 g/mol. The summed E-state index contributed by atoms with van der Waals surface area (Å²) < 4.78 is 0.954. The van der Waals surface area contributed by atoms with Gasteiger partial charge < -0.3 is 15.7 Å². The third-order valence-corrected chi connectivity index (χ3v) is 3.76. The summed E-state index contributed by atoms with van der Waals surface area (Å²) >= 11 is 3.38. The summed E-state index contributed by atoms with van der Waals surface area (Å²) in [4.78, 5) is 22.8. The van der Waals surface area contributed by atoms with Gasteiger partial charge in [0, 0.05) is 10.2 Å². The van der Waals surface area contributed by atoms with Crippen LogP contribution in [0.15, 0.2) is 22.7 Å². The van der Waals surface area contributed by atoms with Gasteiger partial charge in [0.2, 0.25) is 0 Å². The Balaban J connectivity index is 2.60. The molecule has 0 saturated heterocycles. The molecule has 20 heavy (non-hydrogen) atoms. The Labute approximate surface area is 126 Å². The number of nitrogens with one attached hydrogen (secondary N) is 2. The molecule has 2 amide bonds. The molecule has 1 aromatic carbocycles. The molecule has 5 nitrogen and oxygen atoms in total. The molecule has 0 aliphatic rings. The average molecular weight is 343 g/mol. The second kappa shape index (κ2) is 7.89. The molecule has 0 aliphatic carbocycles. The number of benzene rings is 1. The summed E-state index contributed by atoms with van der Waals surface area (Å²) in [6.07, 6.45) is 2.08. The molecule has 0 aliphatic heterocycles. The quantitative estimate of drug-likeness (QED) is 0.739. The van der Waals surface area contributed by atoms with Gasteiger partial charge >= 0.3 is 12.0 Å². The van der Waals surface area contributed by atoms with Crippen molar-refractivity contribution in [3.8, 4) is 0 Å². The van der Waals surface area contributed by atoms with Gasteiger partial charge in [0.15, 0.2) is 0 Å². The molecule has 6 heteroatoms. The van der Waals surface area contributed by atoms with E-state index in [0.717, 1.165) is 22.9 Å². The largest absolute Gasteiger partial charge is 0.480 e. The number of urea groups is 1. The molecule has 110 valence electrons. The number of halogens is 1. The molecule has 1 rings (SSSR count). The number of aliphatic carboxylic acids is 1. The predicted octanol–water partition coefficient (Wildman–Crippen LogP) is 3.52. The summed E-state index contributed by atoms with van der Waals surface area (Å²) in [5.74, 6) is -1.01. The van der Waals surface area contributed by atoms with Crippen molar-refractivity contribution in [2.75, 3.05) is 5.32 Å². The van der Waals surface area contributed by atoms with Crippen molar-refractivity contribution in [1.82, 2.24) is 5.32 Å². The topological polar surface area (TPSA) is 78.4 Å². The standard InChI is InChI=1S/C14H19BrN2O3/c1-3-4-5-12(13(18)19)17-14(20)16-10-6-7-11(15)9(2)8-10/h6-8,12H,3-5H2,1-2H3,(H,18,19)(H2,16,17,20)/t12-/m0/s1. The van der Waals surface area contributed by atoms with Crippen LogP contribution in [0.4, 0.5) is 10.5 Å². The van der Waals surface area contributed by atoms with E-state index in [0.29, 0.717) is 12.1 Å². The van der Waals surface area contributed by atoms with E-state index in [2.05, 4.69) is 26.6 Å². The highest BCUT2D eigenvalue weighted by atomic mass is 79.9. The fourth-order valence-corrected chi connectivity index (χ4v) is 1.96. The number of carbonyl (C=O) groups excluding carboxylic acids is 1. The van der Waals surface area contributed by atoms with Gasteiger partial charge in [-0.15, -0.1) is 0 Å². The fourth-order valence-electron chi connectivity index (χ4n) is 1.71. The first-order valence-corrected chi connectivity index (χ1v) is 7.29. The van der Waals surface area contributed by atoms with Crippen molar-refractivity contribution in [2.45, 2.75) is 39.2 Å². The third kappa shape index (κ3) is 5.21. The maximum absolute atomic E-state index is 11.8. The molecule has 0 bridgehead atoms. The average Bonchev–Trinajstić information content (AvgIpc) is 2.38. The zero-order valence-electron chi connectivity index (χ0n) is 11.6. The second-order valence-electron chi connectivity index (χ2n) is 4.60. The normalized spacial score (nSPS) is 11.8. The minimum Gasteiger partial charge on any atom is -0.480 e. The van der Waals surface area contributed by atoms with Crippen LogP contribution in [0.3, 0.4) is 0 Å². The van der Waals surface area contributed by atoms with Gasteiger partial charge in [0.05, 0.1) is 0 Å². The summed E-state index contributed by atoms with van der Waals surface area (Å²) in [7, 11) is 0. The number of carboxylic acids is 1. The lowest BCUT2D eigenvalue weighted by Gasteiger charge is -2.15. The van der Waals surface area contributed by atoms with Crippen molar-refractivity contribution >= 4 is 33.6 Å². The lowest BCUT2D eigenvalue weighted by Crippen LogP contribution is -2.42. The summed E-state index contributed by atoms with van der Waals surface area (Å²) in [6, 6.07) is 4.03. The Morgan fingerprint density at radius 2 is 2.10 bits per heavy atom. The van der Waals surface area contributed by atoms with Crippen LogP contribution in [0.5, 0.6) is 0 Å². The molecule has 0 radical (unpaired) electrons. The Morgan fingerprint density at radius 3 is 2.65 bits per heavy atom. The number of carbonyl (C=O) groups is 2. The van der Waals surface area contributed by atoms with Crippen LogP contribution in [-0.2, 0) is 4.79 Å². The first-order chi connectivity index (χ1) is 9.43. The minimum atomic E-state index is -1.01. The maximum atomic E-state index is 11.8. The van der Waals surface area contributed by atoms with Gasteiger partial charge in [-0.1, -0.05) is 35.7 Å². The zero-order valence-corrected chi connectivity index (χ0v) is 13.2. The Kier molecular flexibility index (Phi) is 6.51. The number of aryl methyl sites for hydroxylation is 1. The van der Waals surface area contributed by atoms with E-state index in [9.17, 15) is 9.59 Å². The number of hydrogen-bond acceptors (Lipinski definition) is 2. The molecule has 0 spiro atoms. The van der Waals surface area contributed by atoms with Crippen molar-refractivity contribution in [2.24, 2.45) is 0 Å². The van der Waals surface area contributed by atoms with Crippen molar-refractivity contribution < 1.29 is 14.7 Å². The van der Waals surface area contributed by atoms with Crippen LogP contribution in [0.1, 0.15) is 31.7 Å². The smallest absolute Gasteiger partial charge is 0.326 e. The number of amides is 2. The summed E-state index contributed by atoms with van der Waals surface area (Å²) in [6.45, 7) is 3.89. The second-order valence-corrected chi connectivity index (χ2v) is 5.45. The highest BCUT2D eigenvalue weighted by Crippen LogP contribution is 2.19. The molecule has 1 atom stereocenters. The molecule has 1 aromatic rings. The summed E-state index contributed by atoms with van der Waals surface area (Å²) in [5, 5.41) is 14.2. The van der Waals surface area contributed by atoms with Crippen LogP contribution in [0.2, 0.25) is 0 Å². The van der Waals surface area contributed by atoms with Crippen molar-refractivity contribution in [3.05, 3.63) is 28.2 Å². The highest BCUT2D eigenvalue weighted by molar-refractivity contribution is 9.10. The Bertz CT molecular complexity index is 491. The number of anilines is 1. The zero-order chi connectivity index (χ0) is 15.1. The first-order valence-electron chi connectivity index (χ1n) is 6.50. The highest BCUT2D eigenvalue weighted by Gasteiger charge is 2.19. The number of rotatable bonds is 6. The van der Waals surface area contributed by atoms with E-state index in [1.54, 1.807) is 6.07 Å². The van der Waals surface area contributed by atoms with E-state index in [4.69, 9.17) is 5.11 Å². The number of carboxylic acid groups (broad SMARTS) is 1. The maximum Gasteiger partial charge on any atom is 0.326 e. The molecular weight excluding hydrogens is 324 g/mol. The van der Waals surface area contributed by atoms with Gasteiger partial charge in [-0.3, -0.25) is 0 Å². The van der Waals surface area contributed by atoms with Crippen LogP contribution >= 0.6 is 15.9 Å². The summed E-state index contributed by atoms with van der Waals surface area (Å²) in [5.41, 5.74) is 1.62. The van der Waals surface area contributed by atoms with Crippen LogP contribution < -0.4 is 10.6 Å². The van der Waals surface area contributed by atoms with Gasteiger partial charge in [0.25, 0.3) is 0 Å². The molecule has 3 N–H and O–H groups in total. The van der Waals surface area contributed by atoms with Crippen molar-refractivity contribution in [3.63, 3.8) is 0 Å². The van der Waals surface area contributed by atoms with Gasteiger partial charge in [-0.05, 0) is 37.1 Å². The van der Waals surface area contributed by atoms with E-state index < -0.39 is 18.0 Å². The van der Waals surface area contributed by atoms with Crippen LogP contribution in [0.25, 0.3) is 0 Å². The molecule has 0 saturated carbocycles.